The number of hydrogen-bond acceptors (Lipinski definition) is 5. The molecule has 0 unspecified atom stereocenters. The molecule has 6 nitrogen and oxygen atoms in total. The van der Waals surface area contributed by atoms with Gasteiger partial charge in [0, 0.05) is 0 Å². The van der Waals surface area contributed by atoms with Crippen LogP contribution in [-0.2, 0) is 32.1 Å². The highest BCUT2D eigenvalue weighted by molar-refractivity contribution is 7.91. The average Bonchev–Trinajstić information content (AvgIpc) is 3.38. The van der Waals surface area contributed by atoms with Crippen molar-refractivity contribution in [3.63, 3.8) is 0 Å². The molecule has 0 spiro atoms. The van der Waals surface area contributed by atoms with Crippen molar-refractivity contribution >= 4 is 27.3 Å². The van der Waals surface area contributed by atoms with Crippen LogP contribution in [0.15, 0.2) is 22.5 Å². The summed E-state index contributed by atoms with van der Waals surface area (Å²) in [7, 11) is -3.91. The first-order valence-corrected chi connectivity index (χ1v) is 14.6. The SMILES string of the molecule is CC(C)(C)c1cc(-c2sc(S(=O)(=O)NCC(N)=O)nc2CC2CCCCC2)cc(C2(C)CC2)c1. The van der Waals surface area contributed by atoms with Crippen molar-refractivity contribution in [3.8, 4) is 10.4 Å². The lowest BCUT2D eigenvalue weighted by atomic mass is 9.82. The predicted octanol–water partition coefficient (Wildman–Crippen LogP) is 5.05. The lowest BCUT2D eigenvalue weighted by Gasteiger charge is -2.24. The summed E-state index contributed by atoms with van der Waals surface area (Å²) < 4.78 is 28.1. The molecule has 4 rings (SSSR count). The average molecular weight is 504 g/mol. The van der Waals surface area contributed by atoms with Gasteiger partial charge in [-0.2, -0.15) is 4.72 Å². The summed E-state index contributed by atoms with van der Waals surface area (Å²) in [4.78, 5) is 16.8. The van der Waals surface area contributed by atoms with Crippen molar-refractivity contribution in [2.45, 2.75) is 94.2 Å². The number of nitrogens with zero attached hydrogens (tertiary/aromatic N) is 1. The minimum Gasteiger partial charge on any atom is -0.369 e. The summed E-state index contributed by atoms with van der Waals surface area (Å²) in [6.45, 7) is 8.51. The van der Waals surface area contributed by atoms with Gasteiger partial charge in [-0.25, -0.2) is 13.4 Å². The number of thiazole rings is 1. The molecule has 0 aliphatic heterocycles. The van der Waals surface area contributed by atoms with Gasteiger partial charge < -0.3 is 5.73 Å². The van der Waals surface area contributed by atoms with Gasteiger partial charge in [0.1, 0.15) is 0 Å². The van der Waals surface area contributed by atoms with E-state index < -0.39 is 22.5 Å². The molecular formula is C26H37N3O3S2. The number of nitrogens with two attached hydrogens (primary N) is 1. The first kappa shape index (κ1) is 25.3. The van der Waals surface area contributed by atoms with Gasteiger partial charge in [-0.3, -0.25) is 4.79 Å². The van der Waals surface area contributed by atoms with E-state index in [2.05, 4.69) is 55.6 Å². The quantitative estimate of drug-likeness (QED) is 0.526. The summed E-state index contributed by atoms with van der Waals surface area (Å²) in [5.41, 5.74) is 9.82. The highest BCUT2D eigenvalue weighted by Crippen LogP contribution is 2.50. The third-order valence-electron chi connectivity index (χ3n) is 7.31. The number of rotatable bonds is 8. The third-order valence-corrected chi connectivity index (χ3v) is 10.2. The zero-order valence-electron chi connectivity index (χ0n) is 20.7. The number of hydrogen-bond donors (Lipinski definition) is 2. The monoisotopic (exact) mass is 503 g/mol. The molecule has 186 valence electrons. The van der Waals surface area contributed by atoms with E-state index in [1.807, 2.05) is 0 Å². The largest absolute Gasteiger partial charge is 0.369 e. The van der Waals surface area contributed by atoms with Crippen LogP contribution in [0.1, 0.15) is 89.5 Å². The van der Waals surface area contributed by atoms with E-state index >= 15 is 0 Å². The van der Waals surface area contributed by atoms with E-state index in [1.54, 1.807) is 0 Å². The number of nitrogens with one attached hydrogen (secondary N) is 1. The fraction of sp³-hybridized carbons (Fsp3) is 0.615. The molecule has 1 heterocycles. The van der Waals surface area contributed by atoms with Gasteiger partial charge in [0.05, 0.1) is 17.1 Å². The maximum Gasteiger partial charge on any atom is 0.268 e. The second-order valence-electron chi connectivity index (χ2n) is 11.4. The second kappa shape index (κ2) is 9.36. The third kappa shape index (κ3) is 5.71. The number of aromatic nitrogens is 1. The second-order valence-corrected chi connectivity index (χ2v) is 14.3. The zero-order chi connectivity index (χ0) is 24.7. The Labute approximate surface area is 207 Å². The zero-order valence-corrected chi connectivity index (χ0v) is 22.4. The fourth-order valence-corrected chi connectivity index (χ4v) is 7.08. The number of carbonyl (C=O) groups excluding carboxylic acids is 1. The molecule has 0 atom stereocenters. The standard InChI is InChI=1S/C26H37N3O3S2/c1-25(2,3)19-13-18(14-20(15-19)26(4)10-11-26)23-21(12-17-8-6-5-7-9-17)29-24(33-23)34(31,32)28-16-22(27)30/h13-15,17,28H,5-12,16H2,1-4H3,(H2,27,30). The Hall–Kier alpha value is -1.77. The van der Waals surface area contributed by atoms with E-state index in [-0.39, 0.29) is 15.2 Å². The molecule has 1 aromatic heterocycles. The Balaban J connectivity index is 1.80. The number of benzene rings is 1. The van der Waals surface area contributed by atoms with Crippen LogP contribution in [0, 0.1) is 5.92 Å². The Bertz CT molecular complexity index is 1140. The molecule has 3 N–H and O–H groups in total. The minimum absolute atomic E-state index is 0.00917. The lowest BCUT2D eigenvalue weighted by Crippen LogP contribution is -2.33. The summed E-state index contributed by atoms with van der Waals surface area (Å²) in [6, 6.07) is 6.78. The van der Waals surface area contributed by atoms with E-state index in [0.29, 0.717) is 5.92 Å². The number of amides is 1. The number of primary amides is 1. The Morgan fingerprint density at radius 2 is 1.85 bits per heavy atom. The first-order valence-electron chi connectivity index (χ1n) is 12.3. The first-order chi connectivity index (χ1) is 15.9. The van der Waals surface area contributed by atoms with Crippen molar-refractivity contribution in [1.82, 2.24) is 9.71 Å². The maximum absolute atomic E-state index is 12.9. The molecule has 0 radical (unpaired) electrons. The molecule has 34 heavy (non-hydrogen) atoms. The maximum atomic E-state index is 12.9. The Morgan fingerprint density at radius 3 is 2.44 bits per heavy atom. The van der Waals surface area contributed by atoms with Gasteiger partial charge in [-0.1, -0.05) is 65.9 Å². The highest BCUT2D eigenvalue weighted by atomic mass is 32.2. The molecule has 2 saturated carbocycles. The summed E-state index contributed by atoms with van der Waals surface area (Å²) >= 11 is 1.21. The van der Waals surface area contributed by atoms with Gasteiger partial charge in [0.25, 0.3) is 10.0 Å². The van der Waals surface area contributed by atoms with E-state index in [9.17, 15) is 13.2 Å². The number of carbonyl (C=O) groups is 1. The lowest BCUT2D eigenvalue weighted by molar-refractivity contribution is -0.116. The summed E-state index contributed by atoms with van der Waals surface area (Å²) in [6.07, 6.45) is 9.16. The van der Waals surface area contributed by atoms with Gasteiger partial charge in [-0.05, 0) is 64.8 Å². The smallest absolute Gasteiger partial charge is 0.268 e. The molecule has 1 amide bonds. The van der Waals surface area contributed by atoms with Crippen molar-refractivity contribution in [2.75, 3.05) is 6.54 Å². The number of sulfonamides is 1. The van der Waals surface area contributed by atoms with Crippen molar-refractivity contribution in [2.24, 2.45) is 11.7 Å². The molecule has 2 fully saturated rings. The summed E-state index contributed by atoms with van der Waals surface area (Å²) in [5, 5.41) is 0. The minimum atomic E-state index is -3.91. The normalized spacial score (nSPS) is 18.7. The molecule has 2 aliphatic rings. The van der Waals surface area contributed by atoms with Gasteiger partial charge in [0.2, 0.25) is 10.2 Å². The van der Waals surface area contributed by atoms with Crippen LogP contribution in [0.4, 0.5) is 0 Å². The van der Waals surface area contributed by atoms with Crippen LogP contribution >= 0.6 is 11.3 Å². The van der Waals surface area contributed by atoms with E-state index in [0.717, 1.165) is 35.4 Å². The van der Waals surface area contributed by atoms with E-state index in [4.69, 9.17) is 5.73 Å². The van der Waals surface area contributed by atoms with Crippen LogP contribution in [0.3, 0.4) is 0 Å². The molecule has 2 aromatic rings. The topological polar surface area (TPSA) is 102 Å². The van der Waals surface area contributed by atoms with Gasteiger partial charge in [-0.15, -0.1) is 11.3 Å². The molecule has 8 heteroatoms. The van der Waals surface area contributed by atoms with Crippen LogP contribution in [0.2, 0.25) is 0 Å². The van der Waals surface area contributed by atoms with Gasteiger partial charge >= 0.3 is 0 Å². The molecule has 0 saturated heterocycles. The summed E-state index contributed by atoms with van der Waals surface area (Å²) in [5.74, 6) is -0.196. The Kier molecular flexibility index (Phi) is 6.97. The predicted molar refractivity (Wildman–Crippen MR) is 137 cm³/mol. The molecule has 0 bridgehead atoms. The van der Waals surface area contributed by atoms with Crippen LogP contribution < -0.4 is 10.5 Å². The molecule has 1 aromatic carbocycles. The van der Waals surface area contributed by atoms with Crippen molar-refractivity contribution in [1.29, 1.82) is 0 Å². The van der Waals surface area contributed by atoms with Crippen molar-refractivity contribution in [3.05, 3.63) is 35.0 Å². The fourth-order valence-electron chi connectivity index (χ4n) is 4.72. The highest BCUT2D eigenvalue weighted by Gasteiger charge is 2.40. The van der Waals surface area contributed by atoms with Crippen molar-refractivity contribution < 1.29 is 13.2 Å². The Morgan fingerprint density at radius 1 is 1.18 bits per heavy atom. The van der Waals surface area contributed by atoms with Crippen LogP contribution in [0.5, 0.6) is 0 Å². The van der Waals surface area contributed by atoms with Crippen LogP contribution in [0.25, 0.3) is 10.4 Å². The molecular weight excluding hydrogens is 466 g/mol. The van der Waals surface area contributed by atoms with Crippen LogP contribution in [-0.4, -0.2) is 25.9 Å². The van der Waals surface area contributed by atoms with E-state index in [1.165, 1.54) is 54.6 Å². The van der Waals surface area contributed by atoms with Gasteiger partial charge in [0.15, 0.2) is 0 Å². The molecule has 2 aliphatic carbocycles.